The molecule has 8 atom stereocenters. The van der Waals surface area contributed by atoms with E-state index in [1.54, 1.807) is 23.3 Å². The van der Waals surface area contributed by atoms with Gasteiger partial charge in [-0.05, 0) is 122 Å². The number of allylic oxidation sites excluding steroid dienone is 4. The standard InChI is InChI=1S/C47H52N2O5S/c1-30-12-17-38(55-30)41(51)37-27-45-24-25-47(37)39(43(45,2)21-18-34(50)26-45)19-22-44(3)40(47)20-23-46(44,53)29-49(42(52)48-33-13-15-35(54-4)16-14-33)28-32-10-7-9-31-8-5-6-11-36(31)32/h5-17,24-25,27,34,39-40,50,53H,18-23,26,28-29H2,1-4H3,(H,48,52). The first-order chi connectivity index (χ1) is 26.3. The fourth-order valence-electron chi connectivity index (χ4n) is 12.3. The number of aliphatic hydroxyl groups excluding tert-OH is 1. The van der Waals surface area contributed by atoms with E-state index in [0.29, 0.717) is 30.8 Å². The molecule has 7 nitrogen and oxygen atoms in total. The fraction of sp³-hybridized carbons (Fsp3) is 0.447. The van der Waals surface area contributed by atoms with Gasteiger partial charge in [-0.2, -0.15) is 0 Å². The molecular formula is C47H52N2O5S. The van der Waals surface area contributed by atoms with Crippen LogP contribution in [0.2, 0.25) is 0 Å². The second-order valence-corrected chi connectivity index (χ2v) is 19.0. The predicted octanol–water partition coefficient (Wildman–Crippen LogP) is 9.73. The normalized spacial score (nSPS) is 34.4. The Kier molecular flexibility index (Phi) is 8.54. The van der Waals surface area contributed by atoms with Crippen molar-refractivity contribution in [2.45, 2.75) is 84.0 Å². The third-order valence-corrected chi connectivity index (χ3v) is 16.2. The molecule has 1 heterocycles. The van der Waals surface area contributed by atoms with Gasteiger partial charge in [0.05, 0.1) is 30.2 Å². The second kappa shape index (κ2) is 12.9. The fourth-order valence-corrected chi connectivity index (χ4v) is 13.1. The molecule has 2 amide bonds. The van der Waals surface area contributed by atoms with Gasteiger partial charge >= 0.3 is 6.03 Å². The van der Waals surface area contributed by atoms with E-state index >= 15 is 0 Å². The number of nitrogens with one attached hydrogen (secondary N) is 1. The first-order valence-electron chi connectivity index (χ1n) is 20.0. The zero-order chi connectivity index (χ0) is 38.4. The minimum atomic E-state index is -1.21. The Bertz CT molecular complexity index is 2240. The van der Waals surface area contributed by atoms with Crippen LogP contribution in [0.4, 0.5) is 10.5 Å². The van der Waals surface area contributed by atoms with Gasteiger partial charge in [0.1, 0.15) is 5.75 Å². The Balaban J connectivity index is 1.11. The number of rotatable bonds is 8. The summed E-state index contributed by atoms with van der Waals surface area (Å²) >= 11 is 1.55. The number of ketones is 1. The van der Waals surface area contributed by atoms with Crippen LogP contribution < -0.4 is 10.1 Å². The Morgan fingerprint density at radius 1 is 0.891 bits per heavy atom. The topological polar surface area (TPSA) is 99.1 Å². The summed E-state index contributed by atoms with van der Waals surface area (Å²) in [5, 5.41) is 29.7. The number of benzene rings is 3. The molecule has 286 valence electrons. The first kappa shape index (κ1) is 36.4. The lowest BCUT2D eigenvalue weighted by Gasteiger charge is -2.71. The van der Waals surface area contributed by atoms with Gasteiger partial charge in [0.2, 0.25) is 0 Å². The molecule has 2 spiro atoms. The van der Waals surface area contributed by atoms with Crippen LogP contribution in [0.15, 0.2) is 103 Å². The van der Waals surface area contributed by atoms with Crippen LogP contribution in [0.1, 0.15) is 78.9 Å². The lowest BCUT2D eigenvalue weighted by Crippen LogP contribution is -2.67. The number of thiophene rings is 1. The Morgan fingerprint density at radius 3 is 2.38 bits per heavy atom. The predicted molar refractivity (Wildman–Crippen MR) is 218 cm³/mol. The number of carbonyl (C=O) groups is 2. The van der Waals surface area contributed by atoms with Gasteiger partial charge < -0.3 is 25.2 Å². The average Bonchev–Trinajstić information content (AvgIpc) is 3.74. The average molecular weight is 757 g/mol. The molecule has 0 radical (unpaired) electrons. The summed E-state index contributed by atoms with van der Waals surface area (Å²) in [5.74, 6) is 0.983. The van der Waals surface area contributed by atoms with E-state index in [1.807, 2.05) is 61.5 Å². The van der Waals surface area contributed by atoms with Gasteiger partial charge in [-0.3, -0.25) is 4.79 Å². The van der Waals surface area contributed by atoms with Crippen molar-refractivity contribution in [1.29, 1.82) is 0 Å². The molecule has 3 aromatic carbocycles. The molecule has 0 saturated heterocycles. The number of methoxy groups -OCH3 is 1. The number of Topliss-reactive ketones (excluding diaryl/α,β-unsaturated/α-hetero) is 1. The maximum Gasteiger partial charge on any atom is 0.322 e. The molecule has 6 aliphatic carbocycles. The summed E-state index contributed by atoms with van der Waals surface area (Å²) in [4.78, 5) is 33.0. The van der Waals surface area contributed by atoms with E-state index in [2.05, 4.69) is 61.7 Å². The van der Waals surface area contributed by atoms with Gasteiger partial charge in [0.25, 0.3) is 0 Å². The van der Waals surface area contributed by atoms with Crippen LogP contribution >= 0.6 is 11.3 Å². The number of aryl methyl sites for hydroxylation is 1. The highest BCUT2D eigenvalue weighted by Crippen LogP contribution is 2.78. The van der Waals surface area contributed by atoms with Gasteiger partial charge in [0.15, 0.2) is 5.78 Å². The molecule has 8 unspecified atom stereocenters. The lowest BCUT2D eigenvalue weighted by molar-refractivity contribution is -0.174. The molecule has 8 heteroatoms. The first-order valence-corrected chi connectivity index (χ1v) is 20.8. The Hall–Kier alpha value is -4.24. The number of aliphatic hydroxyl groups is 2. The van der Waals surface area contributed by atoms with E-state index in [4.69, 9.17) is 4.74 Å². The molecule has 55 heavy (non-hydrogen) atoms. The minimum absolute atomic E-state index is 0.0118. The molecule has 2 bridgehead atoms. The summed E-state index contributed by atoms with van der Waals surface area (Å²) in [6, 6.07) is 25.4. The van der Waals surface area contributed by atoms with Crippen molar-refractivity contribution in [3.05, 3.63) is 118 Å². The Morgan fingerprint density at radius 2 is 1.62 bits per heavy atom. The second-order valence-electron chi connectivity index (χ2n) is 17.7. The van der Waals surface area contributed by atoms with Crippen molar-refractivity contribution in [3.63, 3.8) is 0 Å². The van der Waals surface area contributed by atoms with Crippen LogP contribution in [-0.4, -0.2) is 52.3 Å². The van der Waals surface area contributed by atoms with Crippen molar-refractivity contribution < 1.29 is 24.5 Å². The molecule has 3 fully saturated rings. The lowest BCUT2D eigenvalue weighted by atomic mass is 9.32. The molecule has 3 N–H and O–H groups in total. The quantitative estimate of drug-likeness (QED) is 0.123. The number of urea groups is 1. The highest BCUT2D eigenvalue weighted by atomic mass is 32.1. The van der Waals surface area contributed by atoms with E-state index < -0.39 is 22.5 Å². The SMILES string of the molecule is COc1ccc(NC(=O)N(Cc2cccc3ccccc23)CC2(O)CCC3C45C=CC6(C=C4C(=O)c4ccc(C)s4)CC(O)CCC6(C)C5CCC32C)cc1. The highest BCUT2D eigenvalue weighted by Gasteiger charge is 2.74. The van der Waals surface area contributed by atoms with Crippen molar-refractivity contribution in [1.82, 2.24) is 4.90 Å². The number of hydrogen-bond acceptors (Lipinski definition) is 6. The summed E-state index contributed by atoms with van der Waals surface area (Å²) in [5.41, 5.74) is -0.328. The molecule has 1 aromatic heterocycles. The number of amides is 2. The van der Waals surface area contributed by atoms with Crippen LogP contribution in [0.3, 0.4) is 0 Å². The van der Waals surface area contributed by atoms with Gasteiger partial charge in [-0.1, -0.05) is 74.5 Å². The number of ether oxygens (including phenoxy) is 1. The largest absolute Gasteiger partial charge is 0.497 e. The summed E-state index contributed by atoms with van der Waals surface area (Å²) in [6.45, 7) is 7.17. The monoisotopic (exact) mass is 756 g/mol. The number of nitrogens with zero attached hydrogens (tertiary/aromatic N) is 1. The van der Waals surface area contributed by atoms with Crippen LogP contribution in [-0.2, 0) is 6.54 Å². The van der Waals surface area contributed by atoms with Crippen molar-refractivity contribution in [2.75, 3.05) is 19.0 Å². The van der Waals surface area contributed by atoms with Crippen LogP contribution in [0.5, 0.6) is 5.75 Å². The van der Waals surface area contributed by atoms with E-state index in [1.165, 1.54) is 0 Å². The van der Waals surface area contributed by atoms with Crippen LogP contribution in [0, 0.1) is 40.4 Å². The van der Waals surface area contributed by atoms with Gasteiger partial charge in [-0.15, -0.1) is 11.3 Å². The zero-order valence-corrected chi connectivity index (χ0v) is 33.1. The van der Waals surface area contributed by atoms with E-state index in [-0.39, 0.29) is 41.0 Å². The van der Waals surface area contributed by atoms with Gasteiger partial charge in [-0.25, -0.2) is 4.79 Å². The molecule has 10 rings (SSSR count). The maximum atomic E-state index is 14.9. The molecule has 0 aliphatic heterocycles. The van der Waals surface area contributed by atoms with E-state index in [0.717, 1.165) is 63.8 Å². The summed E-state index contributed by atoms with van der Waals surface area (Å²) in [7, 11) is 1.62. The summed E-state index contributed by atoms with van der Waals surface area (Å²) in [6.07, 6.45) is 11.8. The van der Waals surface area contributed by atoms with Crippen molar-refractivity contribution in [2.24, 2.45) is 33.5 Å². The molecule has 3 saturated carbocycles. The third kappa shape index (κ3) is 5.34. The molecule has 4 aromatic rings. The molecular weight excluding hydrogens is 705 g/mol. The summed E-state index contributed by atoms with van der Waals surface area (Å²) < 4.78 is 5.35. The van der Waals surface area contributed by atoms with Crippen molar-refractivity contribution in [3.8, 4) is 5.75 Å². The number of fused-ring (bicyclic) bond motifs is 2. The number of anilines is 1. The number of carbonyl (C=O) groups excluding carboxylic acids is 2. The smallest absolute Gasteiger partial charge is 0.322 e. The maximum absolute atomic E-state index is 14.9. The van der Waals surface area contributed by atoms with Crippen LogP contribution in [0.25, 0.3) is 10.8 Å². The minimum Gasteiger partial charge on any atom is -0.497 e. The molecule has 6 aliphatic rings. The number of hydrogen-bond donors (Lipinski definition) is 3. The third-order valence-electron chi connectivity index (χ3n) is 15.2. The zero-order valence-electron chi connectivity index (χ0n) is 32.3. The highest BCUT2D eigenvalue weighted by molar-refractivity contribution is 7.14. The Labute approximate surface area is 328 Å². The van der Waals surface area contributed by atoms with Gasteiger partial charge in [0, 0.05) is 38.9 Å². The van der Waals surface area contributed by atoms with E-state index in [9.17, 15) is 19.8 Å². The van der Waals surface area contributed by atoms with Crippen molar-refractivity contribution >= 4 is 39.6 Å².